The van der Waals surface area contributed by atoms with E-state index in [1.165, 1.54) is 20.4 Å². The molecule has 0 radical (unpaired) electrons. The maximum absolute atomic E-state index is 12.8. The molecule has 0 heterocycles. The number of methoxy groups -OCH3 is 2. The Morgan fingerprint density at radius 2 is 1.54 bits per heavy atom. The summed E-state index contributed by atoms with van der Waals surface area (Å²) in [5.74, 6) is -1.08. The van der Waals surface area contributed by atoms with Crippen LogP contribution in [-0.4, -0.2) is 38.2 Å². The fourth-order valence-electron chi connectivity index (χ4n) is 3.48. The average Bonchev–Trinajstić information content (AvgIpc) is 2.93. The molecule has 2 N–H and O–H groups in total. The Hall–Kier alpha value is -5.18. The molecule has 0 aromatic heterocycles. The lowest BCUT2D eigenvalue weighted by molar-refractivity contribution is -0.136. The fraction of sp³-hybridized carbons (Fsp3) is 0.0714. The van der Waals surface area contributed by atoms with Gasteiger partial charge < -0.3 is 19.5 Å². The largest absolute Gasteiger partial charge is 0.497 e. The van der Waals surface area contributed by atoms with Crippen LogP contribution in [0.1, 0.15) is 15.9 Å². The average molecular weight is 498 g/mol. The first-order valence-corrected chi connectivity index (χ1v) is 11.1. The monoisotopic (exact) mass is 497 g/mol. The predicted molar refractivity (Wildman–Crippen MR) is 139 cm³/mol. The molecule has 4 aromatic rings. The first kappa shape index (κ1) is 24.9. The SMILES string of the molecule is COc1ccc(C(=O)Oc2ccc3ccccc3c2/C=N\NC(=O)C(=O)Nc2cccc(OC)c2)cc1. The van der Waals surface area contributed by atoms with E-state index in [2.05, 4.69) is 15.8 Å². The fourth-order valence-corrected chi connectivity index (χ4v) is 3.48. The molecule has 0 bridgehead atoms. The smallest absolute Gasteiger partial charge is 0.343 e. The molecule has 0 unspecified atom stereocenters. The minimum atomic E-state index is -0.976. The molecule has 4 rings (SSSR count). The number of nitrogens with zero attached hydrogens (tertiary/aromatic N) is 1. The van der Waals surface area contributed by atoms with Crippen molar-refractivity contribution in [1.82, 2.24) is 5.43 Å². The number of amides is 2. The third kappa shape index (κ3) is 6.09. The third-order valence-corrected chi connectivity index (χ3v) is 5.35. The predicted octanol–water partition coefficient (Wildman–Crippen LogP) is 4.17. The molecule has 2 amide bonds. The first-order valence-electron chi connectivity index (χ1n) is 11.1. The van der Waals surface area contributed by atoms with Gasteiger partial charge in [0.1, 0.15) is 17.2 Å². The van der Waals surface area contributed by atoms with E-state index < -0.39 is 17.8 Å². The van der Waals surface area contributed by atoms with E-state index in [0.717, 1.165) is 10.8 Å². The summed E-state index contributed by atoms with van der Waals surface area (Å²) in [5.41, 5.74) is 3.38. The molecule has 0 aliphatic heterocycles. The molecule has 0 aliphatic carbocycles. The lowest BCUT2D eigenvalue weighted by Crippen LogP contribution is -2.32. The van der Waals surface area contributed by atoms with Crippen molar-refractivity contribution >= 4 is 40.5 Å². The molecule has 0 saturated carbocycles. The molecular weight excluding hydrogens is 474 g/mol. The number of carbonyl (C=O) groups excluding carboxylic acids is 3. The third-order valence-electron chi connectivity index (χ3n) is 5.35. The second kappa shape index (κ2) is 11.5. The number of hydrogen-bond acceptors (Lipinski definition) is 7. The molecule has 9 heteroatoms. The number of hydrogen-bond donors (Lipinski definition) is 2. The van der Waals surface area contributed by atoms with Gasteiger partial charge in [0.2, 0.25) is 0 Å². The number of benzene rings is 4. The summed E-state index contributed by atoms with van der Waals surface area (Å²) >= 11 is 0. The maximum Gasteiger partial charge on any atom is 0.343 e. The summed E-state index contributed by atoms with van der Waals surface area (Å²) in [6.07, 6.45) is 1.33. The van der Waals surface area contributed by atoms with E-state index >= 15 is 0 Å². The second-order valence-electron chi connectivity index (χ2n) is 7.70. The summed E-state index contributed by atoms with van der Waals surface area (Å²) in [6.45, 7) is 0. The van der Waals surface area contributed by atoms with Crippen LogP contribution in [0.3, 0.4) is 0 Å². The van der Waals surface area contributed by atoms with Crippen molar-refractivity contribution in [1.29, 1.82) is 0 Å². The van der Waals surface area contributed by atoms with Crippen molar-refractivity contribution in [2.45, 2.75) is 0 Å². The zero-order valence-corrected chi connectivity index (χ0v) is 20.1. The summed E-state index contributed by atoms with van der Waals surface area (Å²) in [6, 6.07) is 24.0. The first-order chi connectivity index (χ1) is 18.0. The lowest BCUT2D eigenvalue weighted by atomic mass is 10.0. The summed E-state index contributed by atoms with van der Waals surface area (Å²) in [7, 11) is 3.04. The van der Waals surface area contributed by atoms with Crippen molar-refractivity contribution in [3.8, 4) is 17.2 Å². The summed E-state index contributed by atoms with van der Waals surface area (Å²) < 4.78 is 15.9. The van der Waals surface area contributed by atoms with E-state index in [-0.39, 0.29) is 5.75 Å². The summed E-state index contributed by atoms with van der Waals surface area (Å²) in [4.78, 5) is 37.3. The van der Waals surface area contributed by atoms with Crippen molar-refractivity contribution in [3.05, 3.63) is 96.1 Å². The number of rotatable bonds is 7. The standard InChI is InChI=1S/C28H23N3O6/c1-35-21-13-10-19(11-14-21)28(34)37-25-15-12-18-6-3-4-9-23(18)24(25)17-29-31-27(33)26(32)30-20-7-5-8-22(16-20)36-2/h3-17H,1-2H3,(H,30,32)(H,31,33)/b29-17-. The highest BCUT2D eigenvalue weighted by Gasteiger charge is 2.16. The Morgan fingerprint density at radius 3 is 2.30 bits per heavy atom. The van der Waals surface area contributed by atoms with Gasteiger partial charge in [-0.25, -0.2) is 10.2 Å². The van der Waals surface area contributed by atoms with Crippen LogP contribution in [0.4, 0.5) is 5.69 Å². The molecule has 0 spiro atoms. The van der Waals surface area contributed by atoms with Gasteiger partial charge in [0.05, 0.1) is 26.0 Å². The van der Waals surface area contributed by atoms with Crippen molar-refractivity contribution in [2.75, 3.05) is 19.5 Å². The van der Waals surface area contributed by atoms with E-state index in [1.807, 2.05) is 30.3 Å². The van der Waals surface area contributed by atoms with Crippen LogP contribution < -0.4 is 25.0 Å². The normalized spacial score (nSPS) is 10.6. The van der Waals surface area contributed by atoms with Crippen LogP contribution >= 0.6 is 0 Å². The zero-order valence-electron chi connectivity index (χ0n) is 20.1. The van der Waals surface area contributed by atoms with E-state index in [0.29, 0.717) is 28.3 Å². The molecule has 0 fully saturated rings. The van der Waals surface area contributed by atoms with Gasteiger partial charge in [-0.2, -0.15) is 5.10 Å². The second-order valence-corrected chi connectivity index (χ2v) is 7.70. The van der Waals surface area contributed by atoms with E-state index in [9.17, 15) is 14.4 Å². The highest BCUT2D eigenvalue weighted by molar-refractivity contribution is 6.39. The van der Waals surface area contributed by atoms with Gasteiger partial charge in [0, 0.05) is 17.3 Å². The van der Waals surface area contributed by atoms with Crippen LogP contribution in [0.5, 0.6) is 17.2 Å². The lowest BCUT2D eigenvalue weighted by Gasteiger charge is -2.11. The Balaban J connectivity index is 1.52. The molecule has 4 aromatic carbocycles. The molecule has 186 valence electrons. The number of nitrogens with one attached hydrogen (secondary N) is 2. The number of ether oxygens (including phenoxy) is 3. The van der Waals surface area contributed by atoms with Crippen molar-refractivity contribution in [3.63, 3.8) is 0 Å². The van der Waals surface area contributed by atoms with Crippen LogP contribution in [-0.2, 0) is 9.59 Å². The van der Waals surface area contributed by atoms with Crippen molar-refractivity contribution < 1.29 is 28.6 Å². The van der Waals surface area contributed by atoms with Gasteiger partial charge >= 0.3 is 17.8 Å². The number of esters is 1. The van der Waals surface area contributed by atoms with Crippen molar-refractivity contribution in [2.24, 2.45) is 5.10 Å². The Labute approximate surface area is 212 Å². The molecule has 0 saturated heterocycles. The minimum absolute atomic E-state index is 0.235. The minimum Gasteiger partial charge on any atom is -0.497 e. The highest BCUT2D eigenvalue weighted by atomic mass is 16.5. The molecule has 37 heavy (non-hydrogen) atoms. The molecular formula is C28H23N3O6. The summed E-state index contributed by atoms with van der Waals surface area (Å²) in [5, 5.41) is 8.02. The Kier molecular flexibility index (Phi) is 7.75. The van der Waals surface area contributed by atoms with Gasteiger partial charge in [0.15, 0.2) is 0 Å². The van der Waals surface area contributed by atoms with Crippen LogP contribution in [0, 0.1) is 0 Å². The number of anilines is 1. The molecule has 0 atom stereocenters. The number of fused-ring (bicyclic) bond motifs is 1. The molecule has 9 nitrogen and oxygen atoms in total. The quantitative estimate of drug-likeness (QED) is 0.130. The van der Waals surface area contributed by atoms with Gasteiger partial charge in [-0.05, 0) is 53.2 Å². The zero-order chi connectivity index (χ0) is 26.2. The van der Waals surface area contributed by atoms with Crippen LogP contribution in [0.15, 0.2) is 90.0 Å². The molecule has 0 aliphatic rings. The number of hydrazone groups is 1. The number of carbonyl (C=O) groups is 3. The van der Waals surface area contributed by atoms with Crippen LogP contribution in [0.25, 0.3) is 10.8 Å². The van der Waals surface area contributed by atoms with Gasteiger partial charge in [0.25, 0.3) is 0 Å². The van der Waals surface area contributed by atoms with E-state index in [1.54, 1.807) is 54.6 Å². The Morgan fingerprint density at radius 1 is 0.784 bits per heavy atom. The van der Waals surface area contributed by atoms with Gasteiger partial charge in [-0.15, -0.1) is 0 Å². The van der Waals surface area contributed by atoms with Gasteiger partial charge in [-0.1, -0.05) is 36.4 Å². The Bertz CT molecular complexity index is 1480. The van der Waals surface area contributed by atoms with Crippen LogP contribution in [0.2, 0.25) is 0 Å². The highest BCUT2D eigenvalue weighted by Crippen LogP contribution is 2.27. The van der Waals surface area contributed by atoms with Gasteiger partial charge in [-0.3, -0.25) is 9.59 Å². The topological polar surface area (TPSA) is 115 Å². The maximum atomic E-state index is 12.8. The van der Waals surface area contributed by atoms with E-state index in [4.69, 9.17) is 14.2 Å².